The van der Waals surface area contributed by atoms with Crippen LogP contribution in [0.25, 0.3) is 22.2 Å². The van der Waals surface area contributed by atoms with Crippen LogP contribution in [0.3, 0.4) is 0 Å². The van der Waals surface area contributed by atoms with Crippen molar-refractivity contribution in [3.8, 4) is 17.1 Å². The third kappa shape index (κ3) is 6.50. The van der Waals surface area contributed by atoms with Crippen molar-refractivity contribution >= 4 is 40.2 Å². The Bertz CT molecular complexity index is 1840. The largest absolute Gasteiger partial charge is 0.473 e. The summed E-state index contributed by atoms with van der Waals surface area (Å²) in [5.74, 6) is 2.25. The van der Waals surface area contributed by atoms with Crippen molar-refractivity contribution in [1.82, 2.24) is 39.6 Å². The average Bonchev–Trinajstić information content (AvgIpc) is 3.84. The molecule has 1 amide bonds. The van der Waals surface area contributed by atoms with Crippen molar-refractivity contribution in [3.05, 3.63) is 60.2 Å². The number of aryl methyl sites for hydroxylation is 3. The summed E-state index contributed by atoms with van der Waals surface area (Å²) >= 11 is 0. The second-order valence-electron chi connectivity index (χ2n) is 12.2. The number of aromatic amines is 1. The molecule has 13 nitrogen and oxygen atoms in total. The number of hydrogen-bond acceptors (Lipinski definition) is 10. The van der Waals surface area contributed by atoms with Gasteiger partial charge in [-0.05, 0) is 44.7 Å². The molecule has 4 aromatic heterocycles. The molecule has 1 aliphatic heterocycles. The molecular formula is C33H39N11O2. The third-order valence-electron chi connectivity index (χ3n) is 8.77. The second kappa shape index (κ2) is 12.8. The van der Waals surface area contributed by atoms with Gasteiger partial charge in [-0.1, -0.05) is 25.0 Å². The van der Waals surface area contributed by atoms with Gasteiger partial charge in [-0.3, -0.25) is 14.4 Å². The standard InChI is InChI=1S/C33H39N11O2/c1-20-16-36-33(39-27-15-21(2)43(3)42-27)41-30(20)25-17-35-31-24(25)9-6-10-26(31)38-28(45)19-44-14-12-23(18-44)46-29-11-13-34-32(40-29)37-22-7-4-5-8-22/h6,9-11,13,15-17,22-23,35H,4-5,7-8,12,14,18-19H2,1-3H3,(H,38,45)(H,34,37,40)(H,36,39,41,42). The molecule has 5 heterocycles. The van der Waals surface area contributed by atoms with Gasteiger partial charge in [-0.25, -0.2) is 15.0 Å². The van der Waals surface area contributed by atoms with E-state index in [-0.39, 0.29) is 18.6 Å². The Morgan fingerprint density at radius 3 is 2.78 bits per heavy atom. The van der Waals surface area contributed by atoms with Gasteiger partial charge in [0.15, 0.2) is 5.82 Å². The Kier molecular flexibility index (Phi) is 8.22. The summed E-state index contributed by atoms with van der Waals surface area (Å²) in [6, 6.07) is 10.1. The van der Waals surface area contributed by atoms with Crippen LogP contribution in [0.15, 0.2) is 48.9 Å². The third-order valence-corrected chi connectivity index (χ3v) is 8.77. The number of hydrogen-bond donors (Lipinski definition) is 4. The normalized spacial score (nSPS) is 17.1. The Labute approximate surface area is 267 Å². The van der Waals surface area contributed by atoms with Crippen LogP contribution in [-0.4, -0.2) is 77.3 Å². The zero-order chi connectivity index (χ0) is 31.6. The predicted octanol–water partition coefficient (Wildman–Crippen LogP) is 4.96. The van der Waals surface area contributed by atoms with Crippen molar-refractivity contribution in [2.45, 2.75) is 58.1 Å². The van der Waals surface area contributed by atoms with E-state index in [9.17, 15) is 4.79 Å². The Morgan fingerprint density at radius 2 is 1.96 bits per heavy atom. The first-order valence-corrected chi connectivity index (χ1v) is 15.9. The molecule has 1 saturated heterocycles. The molecule has 0 radical (unpaired) electrons. The average molecular weight is 622 g/mol. The maximum Gasteiger partial charge on any atom is 0.238 e. The number of H-pyrrole nitrogens is 1. The highest BCUT2D eigenvalue weighted by atomic mass is 16.5. The van der Waals surface area contributed by atoms with E-state index >= 15 is 0 Å². The number of carbonyl (C=O) groups is 1. The van der Waals surface area contributed by atoms with E-state index in [1.807, 2.05) is 51.4 Å². The molecule has 2 aliphatic rings. The molecule has 1 aliphatic carbocycles. The van der Waals surface area contributed by atoms with Gasteiger partial charge in [0.25, 0.3) is 0 Å². The summed E-state index contributed by atoms with van der Waals surface area (Å²) in [5, 5.41) is 15.1. The Balaban J connectivity index is 0.983. The molecule has 46 heavy (non-hydrogen) atoms. The van der Waals surface area contributed by atoms with Gasteiger partial charge in [0.2, 0.25) is 23.7 Å². The van der Waals surface area contributed by atoms with Crippen molar-refractivity contribution in [1.29, 1.82) is 0 Å². The number of carbonyl (C=O) groups excluding carboxylic acids is 1. The summed E-state index contributed by atoms with van der Waals surface area (Å²) < 4.78 is 7.98. The number of nitrogens with zero attached hydrogens (tertiary/aromatic N) is 7. The molecule has 1 unspecified atom stereocenters. The van der Waals surface area contributed by atoms with E-state index in [1.165, 1.54) is 12.8 Å². The first kappa shape index (κ1) is 29.7. The number of amides is 1. The summed E-state index contributed by atoms with van der Waals surface area (Å²) in [6.45, 7) is 5.67. The highest BCUT2D eigenvalue weighted by Gasteiger charge is 2.26. The molecule has 0 bridgehead atoms. The second-order valence-corrected chi connectivity index (χ2v) is 12.2. The fraction of sp³-hybridized carbons (Fsp3) is 0.394. The molecule has 4 N–H and O–H groups in total. The van der Waals surface area contributed by atoms with Gasteiger partial charge in [-0.15, -0.1) is 0 Å². The van der Waals surface area contributed by atoms with Gasteiger partial charge >= 0.3 is 0 Å². The van der Waals surface area contributed by atoms with E-state index in [1.54, 1.807) is 23.1 Å². The number of rotatable bonds is 10. The minimum atomic E-state index is -0.0789. The van der Waals surface area contributed by atoms with Gasteiger partial charge in [-0.2, -0.15) is 10.1 Å². The van der Waals surface area contributed by atoms with E-state index < -0.39 is 0 Å². The molecular weight excluding hydrogens is 582 g/mol. The maximum atomic E-state index is 13.2. The number of anilines is 4. The fourth-order valence-electron chi connectivity index (χ4n) is 6.30. The van der Waals surface area contributed by atoms with Crippen molar-refractivity contribution < 1.29 is 9.53 Å². The van der Waals surface area contributed by atoms with Crippen LogP contribution in [0.1, 0.15) is 43.4 Å². The van der Waals surface area contributed by atoms with Crippen LogP contribution < -0.4 is 20.7 Å². The van der Waals surface area contributed by atoms with Crippen LogP contribution in [0.5, 0.6) is 5.88 Å². The fourth-order valence-corrected chi connectivity index (χ4v) is 6.30. The van der Waals surface area contributed by atoms with Crippen LogP contribution in [0.4, 0.5) is 23.4 Å². The molecule has 7 rings (SSSR count). The van der Waals surface area contributed by atoms with E-state index in [0.717, 1.165) is 64.9 Å². The Hall–Kier alpha value is -5.04. The van der Waals surface area contributed by atoms with Gasteiger partial charge in [0.05, 0.1) is 23.4 Å². The van der Waals surface area contributed by atoms with Gasteiger partial charge in [0, 0.05) is 73.5 Å². The lowest BCUT2D eigenvalue weighted by molar-refractivity contribution is -0.117. The van der Waals surface area contributed by atoms with Gasteiger partial charge in [0.1, 0.15) is 6.10 Å². The van der Waals surface area contributed by atoms with E-state index in [4.69, 9.17) is 9.72 Å². The lowest BCUT2D eigenvalue weighted by atomic mass is 10.1. The number of aromatic nitrogens is 7. The summed E-state index contributed by atoms with van der Waals surface area (Å²) in [7, 11) is 1.90. The van der Waals surface area contributed by atoms with E-state index in [0.29, 0.717) is 36.2 Å². The summed E-state index contributed by atoms with van der Waals surface area (Å²) in [5.41, 5.74) is 5.25. The van der Waals surface area contributed by atoms with Crippen LogP contribution in [0, 0.1) is 13.8 Å². The first-order valence-electron chi connectivity index (χ1n) is 15.9. The topological polar surface area (TPSA) is 151 Å². The van der Waals surface area contributed by atoms with Crippen LogP contribution in [0.2, 0.25) is 0 Å². The number of fused-ring (bicyclic) bond motifs is 1. The molecule has 13 heteroatoms. The quantitative estimate of drug-likeness (QED) is 0.169. The molecule has 238 valence electrons. The SMILES string of the molecule is Cc1cnc(Nc2cc(C)n(C)n2)nc1-c1c[nH]c2c(NC(=O)CN3CCC(Oc4ccnc(NC5CCCC5)n4)C3)cccc12. The zero-order valence-electron chi connectivity index (χ0n) is 26.4. The molecule has 0 spiro atoms. The monoisotopic (exact) mass is 621 g/mol. The zero-order valence-corrected chi connectivity index (χ0v) is 26.4. The summed E-state index contributed by atoms with van der Waals surface area (Å²) in [4.78, 5) is 36.9. The van der Waals surface area contributed by atoms with Crippen molar-refractivity contribution in [3.63, 3.8) is 0 Å². The minimum absolute atomic E-state index is 0.0337. The maximum absolute atomic E-state index is 13.2. The van der Waals surface area contributed by atoms with Crippen LogP contribution in [-0.2, 0) is 11.8 Å². The first-order chi connectivity index (χ1) is 22.4. The van der Waals surface area contributed by atoms with Crippen molar-refractivity contribution in [2.75, 3.05) is 35.6 Å². The summed E-state index contributed by atoms with van der Waals surface area (Å²) in [6.07, 6.45) is 11.1. The highest BCUT2D eigenvalue weighted by Crippen LogP contribution is 2.33. The minimum Gasteiger partial charge on any atom is -0.473 e. The molecule has 1 saturated carbocycles. The smallest absolute Gasteiger partial charge is 0.238 e. The van der Waals surface area contributed by atoms with Crippen LogP contribution >= 0.6 is 0 Å². The molecule has 1 atom stereocenters. The Morgan fingerprint density at radius 1 is 1.09 bits per heavy atom. The number of nitrogens with one attached hydrogen (secondary N) is 4. The molecule has 1 aromatic carbocycles. The predicted molar refractivity (Wildman–Crippen MR) is 177 cm³/mol. The van der Waals surface area contributed by atoms with Crippen molar-refractivity contribution in [2.24, 2.45) is 7.05 Å². The molecule has 5 aromatic rings. The lowest BCUT2D eigenvalue weighted by Gasteiger charge is -2.17. The van der Waals surface area contributed by atoms with E-state index in [2.05, 4.69) is 45.9 Å². The van der Waals surface area contributed by atoms with Gasteiger partial charge < -0.3 is 25.7 Å². The number of ether oxygens (including phenoxy) is 1. The number of benzene rings is 1. The highest BCUT2D eigenvalue weighted by molar-refractivity contribution is 6.06. The number of para-hydroxylation sites is 1. The molecule has 2 fully saturated rings. The number of likely N-dealkylation sites (tertiary alicyclic amines) is 1. The lowest BCUT2D eigenvalue weighted by Crippen LogP contribution is -2.33.